The normalized spacial score (nSPS) is 12.0. The van der Waals surface area contributed by atoms with E-state index in [4.69, 9.17) is 0 Å². The molecule has 0 aliphatic carbocycles. The molecule has 0 heterocycles. The highest BCUT2D eigenvalue weighted by molar-refractivity contribution is 9.10. The van der Waals surface area contributed by atoms with Crippen molar-refractivity contribution in [3.63, 3.8) is 0 Å². The Morgan fingerprint density at radius 2 is 1.68 bits per heavy atom. The van der Waals surface area contributed by atoms with E-state index in [0.717, 1.165) is 4.47 Å². The lowest BCUT2D eigenvalue weighted by Gasteiger charge is -2.20. The number of aliphatic hydroxyl groups excluding tert-OH is 1. The van der Waals surface area contributed by atoms with Crippen LogP contribution in [0.3, 0.4) is 0 Å². The topological polar surface area (TPSA) is 49.3 Å². The summed E-state index contributed by atoms with van der Waals surface area (Å²) in [4.78, 5) is 12.4. The van der Waals surface area contributed by atoms with Gasteiger partial charge in [0.1, 0.15) is 5.76 Å². The molecule has 0 fully saturated rings. The highest BCUT2D eigenvalue weighted by Gasteiger charge is 2.26. The molecule has 0 atom stereocenters. The number of halogens is 1. The minimum atomic E-state index is -0.840. The Hall–Kier alpha value is -2.07. The number of amides is 1. The highest BCUT2D eigenvalue weighted by Crippen LogP contribution is 2.25. The average molecular weight is 360 g/mol. The number of aliphatic hydroxyl groups is 1. The van der Waals surface area contributed by atoms with Crippen LogP contribution >= 0.6 is 15.9 Å². The number of hydrogen-bond donors (Lipinski definition) is 2. The molecule has 2 rings (SSSR count). The lowest BCUT2D eigenvalue weighted by Crippen LogP contribution is -2.29. The van der Waals surface area contributed by atoms with Crippen LogP contribution in [0.5, 0.6) is 0 Å². The van der Waals surface area contributed by atoms with E-state index < -0.39 is 5.41 Å². The van der Waals surface area contributed by atoms with Crippen LogP contribution in [-0.4, -0.2) is 11.0 Å². The van der Waals surface area contributed by atoms with Gasteiger partial charge in [-0.1, -0.05) is 46.3 Å². The van der Waals surface area contributed by atoms with Crippen LogP contribution in [0, 0.1) is 5.41 Å². The maximum atomic E-state index is 12.4. The van der Waals surface area contributed by atoms with Gasteiger partial charge in [0.05, 0.1) is 5.41 Å². The largest absolute Gasteiger partial charge is 0.508 e. The Kier molecular flexibility index (Phi) is 5.03. The van der Waals surface area contributed by atoms with Gasteiger partial charge in [-0.15, -0.1) is 0 Å². The van der Waals surface area contributed by atoms with Crippen LogP contribution in [0.15, 0.2) is 65.1 Å². The Morgan fingerprint density at radius 3 is 2.27 bits per heavy atom. The van der Waals surface area contributed by atoms with E-state index in [1.807, 2.05) is 42.5 Å². The Bertz CT molecular complexity index is 676. The standard InChI is InChI=1S/C18H18BrNO2/c1-18(2,12-16(21)13-6-4-3-5-7-13)17(22)20-15-10-8-14(19)9-11-15/h3-12,21H,1-2H3,(H,20,22). The third kappa shape index (κ3) is 4.21. The first-order valence-electron chi connectivity index (χ1n) is 6.93. The number of benzene rings is 2. The van der Waals surface area contributed by atoms with Crippen molar-refractivity contribution in [3.05, 3.63) is 70.7 Å². The van der Waals surface area contributed by atoms with Crippen LogP contribution < -0.4 is 5.32 Å². The molecule has 0 saturated heterocycles. The van der Waals surface area contributed by atoms with Gasteiger partial charge in [-0.2, -0.15) is 0 Å². The van der Waals surface area contributed by atoms with Gasteiger partial charge in [0.25, 0.3) is 0 Å². The molecule has 22 heavy (non-hydrogen) atoms. The lowest BCUT2D eigenvalue weighted by atomic mass is 9.90. The van der Waals surface area contributed by atoms with Crippen molar-refractivity contribution in [1.82, 2.24) is 0 Å². The first-order chi connectivity index (χ1) is 10.4. The smallest absolute Gasteiger partial charge is 0.233 e. The number of rotatable bonds is 4. The van der Waals surface area contributed by atoms with E-state index in [9.17, 15) is 9.90 Å². The van der Waals surface area contributed by atoms with Gasteiger partial charge < -0.3 is 10.4 Å². The van der Waals surface area contributed by atoms with Gasteiger partial charge in [0.15, 0.2) is 0 Å². The average Bonchev–Trinajstić information content (AvgIpc) is 2.50. The summed E-state index contributed by atoms with van der Waals surface area (Å²) in [7, 11) is 0. The van der Waals surface area contributed by atoms with Crippen molar-refractivity contribution in [2.24, 2.45) is 5.41 Å². The van der Waals surface area contributed by atoms with Gasteiger partial charge in [0.2, 0.25) is 5.91 Å². The molecule has 1 amide bonds. The predicted molar refractivity (Wildman–Crippen MR) is 93.6 cm³/mol. The zero-order valence-corrected chi connectivity index (χ0v) is 14.1. The van der Waals surface area contributed by atoms with Gasteiger partial charge >= 0.3 is 0 Å². The van der Waals surface area contributed by atoms with Crippen molar-refractivity contribution in [1.29, 1.82) is 0 Å². The summed E-state index contributed by atoms with van der Waals surface area (Å²) >= 11 is 3.35. The van der Waals surface area contributed by atoms with Gasteiger partial charge in [-0.3, -0.25) is 4.79 Å². The molecule has 0 bridgehead atoms. The molecule has 0 aromatic heterocycles. The van der Waals surface area contributed by atoms with Gasteiger partial charge in [0, 0.05) is 15.7 Å². The molecule has 2 aromatic carbocycles. The highest BCUT2D eigenvalue weighted by atomic mass is 79.9. The molecule has 0 spiro atoms. The second kappa shape index (κ2) is 6.79. The van der Waals surface area contributed by atoms with E-state index in [1.54, 1.807) is 32.1 Å². The SMILES string of the molecule is CC(C)(C=C(O)c1ccccc1)C(=O)Nc1ccc(Br)cc1. The zero-order chi connectivity index (χ0) is 16.2. The molecular weight excluding hydrogens is 342 g/mol. The second-order valence-electron chi connectivity index (χ2n) is 5.58. The Morgan fingerprint density at radius 1 is 1.09 bits per heavy atom. The third-order valence-corrected chi connectivity index (χ3v) is 3.78. The van der Waals surface area contributed by atoms with Crippen LogP contribution in [0.4, 0.5) is 5.69 Å². The fourth-order valence-corrected chi connectivity index (χ4v) is 2.19. The summed E-state index contributed by atoms with van der Waals surface area (Å²) in [5, 5.41) is 13.0. The van der Waals surface area contributed by atoms with Gasteiger partial charge in [-0.25, -0.2) is 0 Å². The third-order valence-electron chi connectivity index (χ3n) is 3.25. The molecule has 3 nitrogen and oxygen atoms in total. The van der Waals surface area contributed by atoms with Crippen LogP contribution in [0.2, 0.25) is 0 Å². The minimum Gasteiger partial charge on any atom is -0.508 e. The van der Waals surface area contributed by atoms with Crippen LogP contribution in [-0.2, 0) is 4.79 Å². The van der Waals surface area contributed by atoms with E-state index in [2.05, 4.69) is 21.2 Å². The van der Waals surface area contributed by atoms with E-state index in [-0.39, 0.29) is 11.7 Å². The molecular formula is C18H18BrNO2. The predicted octanol–water partition coefficient (Wildman–Crippen LogP) is 5.01. The summed E-state index contributed by atoms with van der Waals surface area (Å²) in [6, 6.07) is 16.5. The van der Waals surface area contributed by atoms with Crippen molar-refractivity contribution in [2.75, 3.05) is 5.32 Å². The number of nitrogens with one attached hydrogen (secondary N) is 1. The van der Waals surface area contributed by atoms with Crippen LogP contribution in [0.1, 0.15) is 19.4 Å². The summed E-state index contributed by atoms with van der Waals surface area (Å²) < 4.78 is 0.950. The number of anilines is 1. The van der Waals surface area contributed by atoms with Crippen LogP contribution in [0.25, 0.3) is 5.76 Å². The zero-order valence-electron chi connectivity index (χ0n) is 12.5. The summed E-state index contributed by atoms with van der Waals surface area (Å²) in [5.41, 5.74) is 0.563. The summed E-state index contributed by atoms with van der Waals surface area (Å²) in [6.07, 6.45) is 1.57. The molecule has 114 valence electrons. The fourth-order valence-electron chi connectivity index (χ4n) is 1.92. The summed E-state index contributed by atoms with van der Waals surface area (Å²) in [6.45, 7) is 3.53. The lowest BCUT2D eigenvalue weighted by molar-refractivity contribution is -0.121. The van der Waals surface area contributed by atoms with Gasteiger partial charge in [-0.05, 0) is 44.2 Å². The molecule has 0 saturated carbocycles. The monoisotopic (exact) mass is 359 g/mol. The molecule has 4 heteroatoms. The fraction of sp³-hybridized carbons (Fsp3) is 0.167. The molecule has 0 aliphatic rings. The minimum absolute atomic E-state index is 0.0940. The maximum absolute atomic E-state index is 12.4. The molecule has 0 aliphatic heterocycles. The Labute approximate surface area is 138 Å². The van der Waals surface area contributed by atoms with Crippen molar-refractivity contribution < 1.29 is 9.90 Å². The van der Waals surface area contributed by atoms with Crippen molar-refractivity contribution in [2.45, 2.75) is 13.8 Å². The first kappa shape index (κ1) is 16.3. The Balaban J connectivity index is 2.15. The maximum Gasteiger partial charge on any atom is 0.233 e. The molecule has 2 N–H and O–H groups in total. The molecule has 0 radical (unpaired) electrons. The van der Waals surface area contributed by atoms with E-state index in [0.29, 0.717) is 11.3 Å². The van der Waals surface area contributed by atoms with Crippen molar-refractivity contribution in [3.8, 4) is 0 Å². The quantitative estimate of drug-likeness (QED) is 0.753. The summed E-state index contributed by atoms with van der Waals surface area (Å²) in [5.74, 6) is -0.0890. The number of carbonyl (C=O) groups is 1. The van der Waals surface area contributed by atoms with E-state index >= 15 is 0 Å². The number of hydrogen-bond acceptors (Lipinski definition) is 2. The molecule has 2 aromatic rings. The first-order valence-corrected chi connectivity index (χ1v) is 7.72. The number of carbonyl (C=O) groups excluding carboxylic acids is 1. The molecule has 0 unspecified atom stereocenters. The second-order valence-corrected chi connectivity index (χ2v) is 6.49. The van der Waals surface area contributed by atoms with E-state index in [1.165, 1.54) is 0 Å². The van der Waals surface area contributed by atoms with Crippen molar-refractivity contribution >= 4 is 33.3 Å².